The van der Waals surface area contributed by atoms with Crippen LogP contribution in [0.1, 0.15) is 59.1 Å². The fraction of sp³-hybridized carbons (Fsp3) is 0.548. The molecule has 0 saturated heterocycles. The van der Waals surface area contributed by atoms with Gasteiger partial charge in [0.2, 0.25) is 0 Å². The summed E-state index contributed by atoms with van der Waals surface area (Å²) in [4.78, 5) is 26.7. The topological polar surface area (TPSA) is 73.9 Å². The molecule has 0 aliphatic heterocycles. The first-order chi connectivity index (χ1) is 17.6. The second-order valence-electron chi connectivity index (χ2n) is 12.4. The van der Waals surface area contributed by atoms with Crippen LogP contribution in [-0.2, 0) is 31.5 Å². The van der Waals surface area contributed by atoms with Crippen LogP contribution in [0.5, 0.6) is 0 Å². The fourth-order valence-electron chi connectivity index (χ4n) is 4.96. The molecule has 3 atom stereocenters. The molecule has 0 saturated carbocycles. The molecule has 0 radical (unpaired) electrons. The van der Waals surface area contributed by atoms with Crippen molar-refractivity contribution < 1.29 is 23.5 Å². The number of hydrogen-bond acceptors (Lipinski definition) is 5. The number of nitrogens with one attached hydrogen (secondary N) is 1. The molecule has 0 heterocycles. The number of hydrogen-bond donors (Lipinski definition) is 1. The standard InChI is InChI=1S/C31H47NO5Si/c1-29(2,3)25(26(20-23-16-12-10-13-17-23)32-28(34)36-30(4,5)6)22-31(27(33)35-7,37-38(8)9)21-24-18-14-11-15-19-24/h10-19,25-26,38H,20-22H2,1-9H3,(H,32,34). The minimum absolute atomic E-state index is 0.147. The molecule has 2 rings (SSSR count). The van der Waals surface area contributed by atoms with E-state index in [2.05, 4.69) is 51.3 Å². The van der Waals surface area contributed by atoms with Crippen molar-refractivity contribution in [1.29, 1.82) is 0 Å². The molecule has 0 aromatic heterocycles. The number of carbonyl (C=O) groups excluding carboxylic acids is 2. The summed E-state index contributed by atoms with van der Waals surface area (Å²) in [6, 6.07) is 19.7. The number of methoxy groups -OCH3 is 1. The predicted octanol–water partition coefficient (Wildman–Crippen LogP) is 6.33. The zero-order chi connectivity index (χ0) is 28.6. The summed E-state index contributed by atoms with van der Waals surface area (Å²) >= 11 is 0. The third-order valence-corrected chi connectivity index (χ3v) is 7.42. The average molecular weight is 542 g/mol. The minimum Gasteiger partial charge on any atom is -0.467 e. The average Bonchev–Trinajstić information content (AvgIpc) is 2.80. The number of benzene rings is 2. The number of amides is 1. The Morgan fingerprint density at radius 2 is 1.39 bits per heavy atom. The van der Waals surface area contributed by atoms with Gasteiger partial charge in [-0.1, -0.05) is 81.4 Å². The molecule has 1 N–H and O–H groups in total. The second kappa shape index (κ2) is 13.4. The number of ether oxygens (including phenoxy) is 2. The lowest BCUT2D eigenvalue weighted by Gasteiger charge is -2.44. The predicted molar refractivity (Wildman–Crippen MR) is 156 cm³/mol. The molecule has 0 spiro atoms. The van der Waals surface area contributed by atoms with Crippen LogP contribution in [0.2, 0.25) is 13.1 Å². The Morgan fingerprint density at radius 1 is 0.868 bits per heavy atom. The Balaban J connectivity index is 2.59. The molecule has 6 nitrogen and oxygen atoms in total. The highest BCUT2D eigenvalue weighted by Gasteiger charge is 2.48. The van der Waals surface area contributed by atoms with Gasteiger partial charge in [0, 0.05) is 12.5 Å². The summed E-state index contributed by atoms with van der Waals surface area (Å²) in [5.41, 5.74) is -0.00656. The maximum Gasteiger partial charge on any atom is 0.407 e. The van der Waals surface area contributed by atoms with Gasteiger partial charge >= 0.3 is 12.1 Å². The van der Waals surface area contributed by atoms with Gasteiger partial charge in [-0.3, -0.25) is 0 Å². The van der Waals surface area contributed by atoms with Crippen molar-refractivity contribution >= 4 is 21.1 Å². The van der Waals surface area contributed by atoms with E-state index in [1.165, 1.54) is 7.11 Å². The van der Waals surface area contributed by atoms with E-state index in [1.807, 2.05) is 69.3 Å². The SMILES string of the molecule is COC(=O)C(Cc1ccccc1)(CC(C(Cc1ccccc1)NC(=O)OC(C)(C)C)C(C)(C)C)O[SiH](C)C. The van der Waals surface area contributed by atoms with Crippen molar-refractivity contribution in [3.63, 3.8) is 0 Å². The quantitative estimate of drug-likeness (QED) is 0.266. The second-order valence-corrected chi connectivity index (χ2v) is 14.8. The highest BCUT2D eigenvalue weighted by Crippen LogP contribution is 2.40. The lowest BCUT2D eigenvalue weighted by Crippen LogP contribution is -2.55. The van der Waals surface area contributed by atoms with Crippen LogP contribution < -0.4 is 5.32 Å². The zero-order valence-electron chi connectivity index (χ0n) is 24.7. The van der Waals surface area contributed by atoms with Crippen molar-refractivity contribution in [2.24, 2.45) is 11.3 Å². The van der Waals surface area contributed by atoms with Crippen molar-refractivity contribution in [2.45, 2.75) is 91.1 Å². The smallest absolute Gasteiger partial charge is 0.407 e. The van der Waals surface area contributed by atoms with E-state index < -0.39 is 26.3 Å². The lowest BCUT2D eigenvalue weighted by molar-refractivity contribution is -0.162. The first-order valence-electron chi connectivity index (χ1n) is 13.5. The van der Waals surface area contributed by atoms with Crippen LogP contribution in [0.25, 0.3) is 0 Å². The van der Waals surface area contributed by atoms with Gasteiger partial charge in [-0.25, -0.2) is 9.59 Å². The van der Waals surface area contributed by atoms with Gasteiger partial charge in [-0.05, 0) is 69.2 Å². The van der Waals surface area contributed by atoms with Gasteiger partial charge in [0.1, 0.15) is 5.60 Å². The molecule has 2 aromatic rings. The van der Waals surface area contributed by atoms with Crippen LogP contribution in [0.3, 0.4) is 0 Å². The van der Waals surface area contributed by atoms with Gasteiger partial charge in [0.25, 0.3) is 0 Å². The van der Waals surface area contributed by atoms with Crippen LogP contribution in [0, 0.1) is 11.3 Å². The number of carbonyl (C=O) groups is 2. The Kier molecular flexibility index (Phi) is 11.2. The molecular weight excluding hydrogens is 494 g/mol. The van der Waals surface area contributed by atoms with Gasteiger partial charge in [0.15, 0.2) is 14.6 Å². The molecule has 210 valence electrons. The molecule has 2 aromatic carbocycles. The highest BCUT2D eigenvalue weighted by atomic mass is 28.3. The Bertz CT molecular complexity index is 1010. The van der Waals surface area contributed by atoms with E-state index in [1.54, 1.807) is 0 Å². The molecular formula is C31H47NO5Si. The maximum atomic E-state index is 13.6. The first kappa shape index (κ1) is 31.6. The number of esters is 1. The van der Waals surface area contributed by atoms with Gasteiger partial charge in [0.05, 0.1) is 7.11 Å². The third-order valence-electron chi connectivity index (χ3n) is 6.50. The van der Waals surface area contributed by atoms with E-state index >= 15 is 0 Å². The van der Waals surface area contributed by atoms with E-state index in [0.29, 0.717) is 19.3 Å². The Morgan fingerprint density at radius 3 is 1.84 bits per heavy atom. The molecule has 1 amide bonds. The van der Waals surface area contributed by atoms with E-state index in [0.717, 1.165) is 11.1 Å². The molecule has 3 unspecified atom stereocenters. The monoisotopic (exact) mass is 541 g/mol. The van der Waals surface area contributed by atoms with Gasteiger partial charge < -0.3 is 19.2 Å². The van der Waals surface area contributed by atoms with Crippen molar-refractivity contribution in [2.75, 3.05) is 7.11 Å². The zero-order valence-corrected chi connectivity index (χ0v) is 25.8. The summed E-state index contributed by atoms with van der Waals surface area (Å²) in [5.74, 6) is -0.529. The van der Waals surface area contributed by atoms with Gasteiger partial charge in [-0.15, -0.1) is 0 Å². The Hall–Kier alpha value is -2.64. The molecule has 38 heavy (non-hydrogen) atoms. The van der Waals surface area contributed by atoms with Crippen molar-refractivity contribution in [1.82, 2.24) is 5.32 Å². The number of rotatable bonds is 11. The van der Waals surface area contributed by atoms with E-state index in [4.69, 9.17) is 13.9 Å². The van der Waals surface area contributed by atoms with Crippen LogP contribution in [0.15, 0.2) is 60.7 Å². The van der Waals surface area contributed by atoms with E-state index in [-0.39, 0.29) is 23.3 Å². The maximum absolute atomic E-state index is 13.6. The number of alkyl carbamates (subject to hydrolysis) is 1. The van der Waals surface area contributed by atoms with Crippen LogP contribution >= 0.6 is 0 Å². The van der Waals surface area contributed by atoms with Gasteiger partial charge in [-0.2, -0.15) is 0 Å². The fourth-order valence-corrected chi connectivity index (χ4v) is 6.13. The molecule has 0 bridgehead atoms. The lowest BCUT2D eigenvalue weighted by atomic mass is 9.68. The summed E-state index contributed by atoms with van der Waals surface area (Å²) in [6.07, 6.45) is 0.891. The highest BCUT2D eigenvalue weighted by molar-refractivity contribution is 6.48. The molecule has 7 heteroatoms. The molecule has 0 aliphatic rings. The molecule has 0 fully saturated rings. The summed E-state index contributed by atoms with van der Waals surface area (Å²) in [6.45, 7) is 16.1. The largest absolute Gasteiger partial charge is 0.467 e. The summed E-state index contributed by atoms with van der Waals surface area (Å²) in [7, 11) is -0.273. The van der Waals surface area contributed by atoms with Crippen molar-refractivity contribution in [3.8, 4) is 0 Å². The third kappa shape index (κ3) is 9.91. The van der Waals surface area contributed by atoms with E-state index in [9.17, 15) is 9.59 Å². The molecule has 0 aliphatic carbocycles. The first-order valence-corrected chi connectivity index (χ1v) is 16.3. The summed E-state index contributed by atoms with van der Waals surface area (Å²) < 4.78 is 17.7. The minimum atomic E-state index is -1.69. The Labute approximate surface area is 231 Å². The van der Waals surface area contributed by atoms with Crippen LogP contribution in [-0.4, -0.2) is 45.5 Å². The van der Waals surface area contributed by atoms with Crippen molar-refractivity contribution in [3.05, 3.63) is 71.8 Å². The van der Waals surface area contributed by atoms with Crippen LogP contribution in [0.4, 0.5) is 4.79 Å². The summed E-state index contributed by atoms with van der Waals surface area (Å²) in [5, 5.41) is 3.17. The normalized spacial score (nSPS) is 15.3.